The Hall–Kier alpha value is -3.62. The number of ketones is 2. The van der Waals surface area contributed by atoms with E-state index in [1.807, 2.05) is 0 Å². The average molecular weight is 429 g/mol. The van der Waals surface area contributed by atoms with Crippen LogP contribution in [-0.4, -0.2) is 45.5 Å². The van der Waals surface area contributed by atoms with Crippen molar-refractivity contribution >= 4 is 35.2 Å². The van der Waals surface area contributed by atoms with Crippen molar-refractivity contribution in [3.05, 3.63) is 48.7 Å². The second kappa shape index (κ2) is 11.5. The second-order valence-corrected chi connectivity index (χ2v) is 7.38. The number of nitrogens with zero attached hydrogens (tertiary/aromatic N) is 1. The Kier molecular flexibility index (Phi) is 9.46. The molecule has 0 unspecified atom stereocenters. The van der Waals surface area contributed by atoms with Crippen LogP contribution in [0.4, 0.5) is 5.82 Å². The molecule has 0 spiro atoms. The summed E-state index contributed by atoms with van der Waals surface area (Å²) in [6, 6.07) is 1.77. The maximum atomic E-state index is 12.9. The Balaban J connectivity index is 3.19. The van der Waals surface area contributed by atoms with Gasteiger partial charge < -0.3 is 15.7 Å². The van der Waals surface area contributed by atoms with E-state index < -0.39 is 35.5 Å². The highest BCUT2D eigenvalue weighted by molar-refractivity contribution is 6.02. The molecule has 9 nitrogen and oxygen atoms in total. The van der Waals surface area contributed by atoms with Gasteiger partial charge in [0.25, 0.3) is 5.91 Å². The molecule has 0 aliphatic rings. The number of amides is 2. The number of allylic oxidation sites excluding steroid dienone is 1. The van der Waals surface area contributed by atoms with E-state index >= 15 is 0 Å². The van der Waals surface area contributed by atoms with E-state index in [-0.39, 0.29) is 41.6 Å². The number of anilines is 1. The van der Waals surface area contributed by atoms with E-state index in [0.717, 1.165) is 12.2 Å². The standard InChI is InChI=1S/C22H27N3O6/c1-6-16(26)11-15-9-14(10-18(23-15)24-19(28)7-2)21(29)25-20(12(3)4)17(27)8-13(5)22(30)31/h6-7,9-10,12-13,20H,1-2,8,11H2,3-5H3,(H,25,29)(H,30,31)(H,23,24,28)/t13-,20+/m1/s1. The summed E-state index contributed by atoms with van der Waals surface area (Å²) in [5.41, 5.74) is 0.301. The minimum absolute atomic E-state index is 0.0383. The molecule has 1 rings (SSSR count). The van der Waals surface area contributed by atoms with Crippen LogP contribution >= 0.6 is 0 Å². The summed E-state index contributed by atoms with van der Waals surface area (Å²) < 4.78 is 0. The van der Waals surface area contributed by atoms with Crippen molar-refractivity contribution < 1.29 is 29.1 Å². The summed E-state index contributed by atoms with van der Waals surface area (Å²) >= 11 is 0. The van der Waals surface area contributed by atoms with Crippen LogP contribution in [0.15, 0.2) is 37.4 Å². The smallest absolute Gasteiger partial charge is 0.306 e. The van der Waals surface area contributed by atoms with Crippen LogP contribution in [0.2, 0.25) is 0 Å². The van der Waals surface area contributed by atoms with Crippen LogP contribution < -0.4 is 10.6 Å². The zero-order valence-electron chi connectivity index (χ0n) is 17.8. The highest BCUT2D eigenvalue weighted by Crippen LogP contribution is 2.15. The molecule has 1 heterocycles. The number of pyridine rings is 1. The molecule has 0 bridgehead atoms. The second-order valence-electron chi connectivity index (χ2n) is 7.38. The molecule has 31 heavy (non-hydrogen) atoms. The summed E-state index contributed by atoms with van der Waals surface area (Å²) in [6.45, 7) is 11.6. The Morgan fingerprint density at radius 2 is 1.74 bits per heavy atom. The number of carboxylic acids is 1. The topological polar surface area (TPSA) is 143 Å². The maximum Gasteiger partial charge on any atom is 0.306 e. The molecule has 0 fully saturated rings. The van der Waals surface area contributed by atoms with E-state index in [1.165, 1.54) is 19.1 Å². The lowest BCUT2D eigenvalue weighted by Crippen LogP contribution is -2.45. The maximum absolute atomic E-state index is 12.9. The van der Waals surface area contributed by atoms with Gasteiger partial charge in [-0.15, -0.1) is 0 Å². The molecule has 1 aromatic rings. The summed E-state index contributed by atoms with van der Waals surface area (Å²) in [6.07, 6.45) is 1.78. The van der Waals surface area contributed by atoms with Crippen LogP contribution in [0.3, 0.4) is 0 Å². The van der Waals surface area contributed by atoms with Gasteiger partial charge in [0.1, 0.15) is 5.82 Å². The first kappa shape index (κ1) is 25.4. The number of hydrogen-bond acceptors (Lipinski definition) is 6. The van der Waals surface area contributed by atoms with Gasteiger partial charge in [-0.3, -0.25) is 24.0 Å². The molecular weight excluding hydrogens is 402 g/mol. The first-order valence-corrected chi connectivity index (χ1v) is 9.64. The van der Waals surface area contributed by atoms with Gasteiger partial charge in [0, 0.05) is 12.0 Å². The number of carbonyl (C=O) groups excluding carboxylic acids is 4. The summed E-state index contributed by atoms with van der Waals surface area (Å²) in [5, 5.41) is 14.1. The lowest BCUT2D eigenvalue weighted by molar-refractivity contribution is -0.143. The van der Waals surface area contributed by atoms with Crippen LogP contribution in [0, 0.1) is 11.8 Å². The number of nitrogens with one attached hydrogen (secondary N) is 2. The summed E-state index contributed by atoms with van der Waals surface area (Å²) in [4.78, 5) is 63.9. The first-order valence-electron chi connectivity index (χ1n) is 9.64. The Bertz CT molecular complexity index is 866. The normalized spacial score (nSPS) is 12.4. The molecule has 2 atom stereocenters. The highest BCUT2D eigenvalue weighted by atomic mass is 16.4. The van der Waals surface area contributed by atoms with Crippen LogP contribution in [0.1, 0.15) is 43.2 Å². The molecule has 1 aromatic heterocycles. The van der Waals surface area contributed by atoms with Gasteiger partial charge in [0.05, 0.1) is 24.1 Å². The number of carboxylic acid groups (broad SMARTS) is 1. The lowest BCUT2D eigenvalue weighted by atomic mass is 9.93. The van der Waals surface area contributed by atoms with Crippen molar-refractivity contribution in [2.75, 3.05) is 5.32 Å². The Morgan fingerprint density at radius 3 is 2.26 bits per heavy atom. The minimum atomic E-state index is -1.10. The largest absolute Gasteiger partial charge is 0.481 e. The highest BCUT2D eigenvalue weighted by Gasteiger charge is 2.28. The van der Waals surface area contributed by atoms with E-state index in [9.17, 15) is 24.0 Å². The zero-order chi connectivity index (χ0) is 23.7. The Morgan fingerprint density at radius 1 is 1.10 bits per heavy atom. The van der Waals surface area contributed by atoms with Crippen molar-refractivity contribution in [2.45, 2.75) is 39.7 Å². The van der Waals surface area contributed by atoms with Gasteiger partial charge in [0.2, 0.25) is 5.91 Å². The van der Waals surface area contributed by atoms with Crippen molar-refractivity contribution in [3.63, 3.8) is 0 Å². The van der Waals surface area contributed by atoms with Gasteiger partial charge in [0.15, 0.2) is 11.6 Å². The van der Waals surface area contributed by atoms with Crippen molar-refractivity contribution in [2.24, 2.45) is 11.8 Å². The average Bonchev–Trinajstić information content (AvgIpc) is 2.70. The predicted molar refractivity (Wildman–Crippen MR) is 114 cm³/mol. The molecule has 0 saturated carbocycles. The van der Waals surface area contributed by atoms with E-state index in [1.54, 1.807) is 13.8 Å². The molecule has 0 aliphatic carbocycles. The molecule has 0 saturated heterocycles. The van der Waals surface area contributed by atoms with Crippen LogP contribution in [-0.2, 0) is 25.6 Å². The molecule has 9 heteroatoms. The fourth-order valence-electron chi connectivity index (χ4n) is 2.66. The van der Waals surface area contributed by atoms with Crippen molar-refractivity contribution in [3.8, 4) is 0 Å². The molecule has 0 radical (unpaired) electrons. The number of carbonyl (C=O) groups is 5. The fourth-order valence-corrected chi connectivity index (χ4v) is 2.66. The molecule has 3 N–H and O–H groups in total. The SMILES string of the molecule is C=CC(=O)Cc1cc(C(=O)N[C@H](C(=O)C[C@@H](C)C(=O)O)C(C)C)cc(NC(=O)C=C)n1. The first-order chi connectivity index (χ1) is 14.5. The zero-order valence-corrected chi connectivity index (χ0v) is 17.8. The molecular formula is C22H27N3O6. The molecule has 2 amide bonds. The van der Waals surface area contributed by atoms with Crippen LogP contribution in [0.5, 0.6) is 0 Å². The van der Waals surface area contributed by atoms with Crippen molar-refractivity contribution in [1.82, 2.24) is 10.3 Å². The monoisotopic (exact) mass is 429 g/mol. The number of aliphatic carboxylic acids is 1. The van der Waals surface area contributed by atoms with Gasteiger partial charge >= 0.3 is 5.97 Å². The number of Topliss-reactive ketones (excluding diaryl/α,β-unsaturated/α-hetero) is 1. The molecule has 0 aromatic carbocycles. The number of rotatable bonds is 12. The third-order valence-electron chi connectivity index (χ3n) is 4.39. The van der Waals surface area contributed by atoms with Gasteiger partial charge in [-0.2, -0.15) is 0 Å². The number of aromatic nitrogens is 1. The molecule has 166 valence electrons. The fraction of sp³-hybridized carbons (Fsp3) is 0.364. The molecule has 0 aliphatic heterocycles. The van der Waals surface area contributed by atoms with Gasteiger partial charge in [-0.1, -0.05) is 33.9 Å². The van der Waals surface area contributed by atoms with Gasteiger partial charge in [-0.05, 0) is 30.2 Å². The quantitative estimate of drug-likeness (QED) is 0.431. The summed E-state index contributed by atoms with van der Waals surface area (Å²) in [7, 11) is 0. The van der Waals surface area contributed by atoms with Gasteiger partial charge in [-0.25, -0.2) is 4.98 Å². The third-order valence-corrected chi connectivity index (χ3v) is 4.39. The summed E-state index contributed by atoms with van der Waals surface area (Å²) in [5.74, 6) is -4.15. The van der Waals surface area contributed by atoms with E-state index in [0.29, 0.717) is 0 Å². The van der Waals surface area contributed by atoms with Crippen LogP contribution in [0.25, 0.3) is 0 Å². The Labute approximate surface area is 180 Å². The third kappa shape index (κ3) is 7.96. The van der Waals surface area contributed by atoms with E-state index in [2.05, 4.69) is 28.8 Å². The predicted octanol–water partition coefficient (Wildman–Crippen LogP) is 1.94. The lowest BCUT2D eigenvalue weighted by Gasteiger charge is -2.22. The number of hydrogen-bond donors (Lipinski definition) is 3. The van der Waals surface area contributed by atoms with E-state index in [4.69, 9.17) is 5.11 Å². The van der Waals surface area contributed by atoms with Crippen molar-refractivity contribution in [1.29, 1.82) is 0 Å². The minimum Gasteiger partial charge on any atom is -0.481 e.